The summed E-state index contributed by atoms with van der Waals surface area (Å²) in [7, 11) is 0. The first-order valence-electron chi connectivity index (χ1n) is 10.1. The van der Waals surface area contributed by atoms with Crippen LogP contribution >= 0.6 is 0 Å². The fourth-order valence-electron chi connectivity index (χ4n) is 4.03. The van der Waals surface area contributed by atoms with Gasteiger partial charge in [0.1, 0.15) is 5.75 Å². The van der Waals surface area contributed by atoms with Crippen molar-refractivity contribution in [2.45, 2.75) is 58.3 Å². The molecule has 0 radical (unpaired) electrons. The standard InChI is InChI=1S/C24H32O/c1-2-8-23-11-6-7-12-24(23)25-19-22-17-15-21(16-18-22)14-13-20-9-4-3-5-10-20/h3-7,9-12,21-22H,2,8,13-19H2,1H3. The van der Waals surface area contributed by atoms with Crippen molar-refractivity contribution in [3.63, 3.8) is 0 Å². The number of benzene rings is 2. The predicted octanol–water partition coefficient (Wildman–Crippen LogP) is 6.46. The number of rotatable bonds is 8. The summed E-state index contributed by atoms with van der Waals surface area (Å²) in [6.07, 6.45) is 10.3. The topological polar surface area (TPSA) is 9.23 Å². The lowest BCUT2D eigenvalue weighted by Crippen LogP contribution is -2.20. The van der Waals surface area contributed by atoms with Gasteiger partial charge < -0.3 is 4.74 Å². The van der Waals surface area contributed by atoms with E-state index in [4.69, 9.17) is 4.74 Å². The molecule has 0 amide bonds. The third-order valence-electron chi connectivity index (χ3n) is 5.62. The van der Waals surface area contributed by atoms with Crippen LogP contribution in [0, 0.1) is 11.8 Å². The Labute approximate surface area is 153 Å². The lowest BCUT2D eigenvalue weighted by molar-refractivity contribution is 0.178. The third-order valence-corrected chi connectivity index (χ3v) is 5.62. The molecular weight excluding hydrogens is 304 g/mol. The van der Waals surface area contributed by atoms with E-state index >= 15 is 0 Å². The smallest absolute Gasteiger partial charge is 0.122 e. The lowest BCUT2D eigenvalue weighted by atomic mass is 9.80. The van der Waals surface area contributed by atoms with Gasteiger partial charge in [0.05, 0.1) is 6.61 Å². The Kier molecular flexibility index (Phi) is 6.97. The molecule has 1 fully saturated rings. The van der Waals surface area contributed by atoms with Gasteiger partial charge in [-0.05, 0) is 61.1 Å². The van der Waals surface area contributed by atoms with Gasteiger partial charge in [0, 0.05) is 0 Å². The van der Waals surface area contributed by atoms with E-state index in [2.05, 4.69) is 61.5 Å². The summed E-state index contributed by atoms with van der Waals surface area (Å²) < 4.78 is 6.19. The van der Waals surface area contributed by atoms with Crippen LogP contribution in [-0.4, -0.2) is 6.61 Å². The van der Waals surface area contributed by atoms with Crippen LogP contribution in [0.4, 0.5) is 0 Å². The minimum Gasteiger partial charge on any atom is -0.493 e. The van der Waals surface area contributed by atoms with E-state index in [0.717, 1.165) is 30.6 Å². The van der Waals surface area contributed by atoms with Crippen molar-refractivity contribution in [2.75, 3.05) is 6.61 Å². The van der Waals surface area contributed by atoms with Crippen molar-refractivity contribution < 1.29 is 4.74 Å². The lowest BCUT2D eigenvalue weighted by Gasteiger charge is -2.28. The average Bonchev–Trinajstić information content (AvgIpc) is 2.68. The van der Waals surface area contributed by atoms with Crippen LogP contribution in [0.5, 0.6) is 5.75 Å². The zero-order valence-corrected chi connectivity index (χ0v) is 15.6. The minimum atomic E-state index is 0.739. The maximum Gasteiger partial charge on any atom is 0.122 e. The monoisotopic (exact) mass is 336 g/mol. The van der Waals surface area contributed by atoms with Gasteiger partial charge in [-0.3, -0.25) is 0 Å². The second-order valence-electron chi connectivity index (χ2n) is 7.58. The summed E-state index contributed by atoms with van der Waals surface area (Å²) in [5, 5.41) is 0. The Hall–Kier alpha value is -1.76. The molecule has 1 nitrogen and oxygen atoms in total. The molecule has 0 N–H and O–H groups in total. The van der Waals surface area contributed by atoms with Crippen LogP contribution in [0.15, 0.2) is 54.6 Å². The van der Waals surface area contributed by atoms with Gasteiger partial charge in [0.25, 0.3) is 0 Å². The largest absolute Gasteiger partial charge is 0.493 e. The van der Waals surface area contributed by atoms with E-state index in [-0.39, 0.29) is 0 Å². The molecule has 134 valence electrons. The summed E-state index contributed by atoms with van der Waals surface area (Å²) in [6, 6.07) is 19.5. The van der Waals surface area contributed by atoms with Crippen LogP contribution in [-0.2, 0) is 12.8 Å². The molecule has 0 spiro atoms. The van der Waals surface area contributed by atoms with Gasteiger partial charge in [-0.15, -0.1) is 0 Å². The SMILES string of the molecule is CCCc1ccccc1OCC1CCC(CCc2ccccc2)CC1. The molecule has 3 rings (SSSR count). The summed E-state index contributed by atoms with van der Waals surface area (Å²) in [6.45, 7) is 3.12. The van der Waals surface area contributed by atoms with Gasteiger partial charge in [-0.1, -0.05) is 74.7 Å². The fourth-order valence-corrected chi connectivity index (χ4v) is 4.03. The fraction of sp³-hybridized carbons (Fsp3) is 0.500. The maximum absolute atomic E-state index is 6.19. The molecule has 1 aliphatic rings. The molecule has 2 aromatic rings. The molecule has 0 saturated heterocycles. The third kappa shape index (κ3) is 5.63. The van der Waals surface area contributed by atoms with Crippen molar-refractivity contribution in [1.29, 1.82) is 0 Å². The predicted molar refractivity (Wildman–Crippen MR) is 106 cm³/mol. The summed E-state index contributed by atoms with van der Waals surface area (Å²) in [5.41, 5.74) is 2.85. The zero-order valence-electron chi connectivity index (χ0n) is 15.6. The minimum absolute atomic E-state index is 0.739. The molecule has 1 aliphatic carbocycles. The Morgan fingerprint density at radius 2 is 1.48 bits per heavy atom. The second kappa shape index (κ2) is 9.65. The first kappa shape index (κ1) is 18.0. The molecule has 0 aromatic heterocycles. The Bertz CT molecular complexity index is 611. The average molecular weight is 337 g/mol. The maximum atomic E-state index is 6.19. The quantitative estimate of drug-likeness (QED) is 0.537. The van der Waals surface area contributed by atoms with E-state index in [9.17, 15) is 0 Å². The highest BCUT2D eigenvalue weighted by Gasteiger charge is 2.21. The molecule has 0 heterocycles. The molecule has 25 heavy (non-hydrogen) atoms. The van der Waals surface area contributed by atoms with Crippen molar-refractivity contribution in [1.82, 2.24) is 0 Å². The number of hydrogen-bond donors (Lipinski definition) is 0. The van der Waals surface area contributed by atoms with E-state index in [1.54, 1.807) is 0 Å². The second-order valence-corrected chi connectivity index (χ2v) is 7.58. The molecule has 0 aliphatic heterocycles. The van der Waals surface area contributed by atoms with Gasteiger partial charge in [-0.25, -0.2) is 0 Å². The van der Waals surface area contributed by atoms with E-state index in [0.29, 0.717) is 0 Å². The molecule has 0 unspecified atom stereocenters. The molecule has 0 bridgehead atoms. The first-order valence-corrected chi connectivity index (χ1v) is 10.1. The van der Waals surface area contributed by atoms with Crippen molar-refractivity contribution in [3.8, 4) is 5.75 Å². The van der Waals surface area contributed by atoms with Crippen LogP contribution in [0.1, 0.15) is 56.6 Å². The number of para-hydroxylation sites is 1. The van der Waals surface area contributed by atoms with E-state index in [1.165, 1.54) is 56.1 Å². The summed E-state index contributed by atoms with van der Waals surface area (Å²) >= 11 is 0. The Morgan fingerprint density at radius 1 is 0.800 bits per heavy atom. The molecular formula is C24H32O. The summed E-state index contributed by atoms with van der Waals surface area (Å²) in [5.74, 6) is 2.75. The van der Waals surface area contributed by atoms with Crippen LogP contribution in [0.2, 0.25) is 0 Å². The van der Waals surface area contributed by atoms with Crippen molar-refractivity contribution in [3.05, 3.63) is 65.7 Å². The van der Waals surface area contributed by atoms with Gasteiger partial charge in [0.2, 0.25) is 0 Å². The number of ether oxygens (including phenoxy) is 1. The van der Waals surface area contributed by atoms with Gasteiger partial charge in [0.15, 0.2) is 0 Å². The molecule has 1 saturated carbocycles. The van der Waals surface area contributed by atoms with Crippen LogP contribution < -0.4 is 4.74 Å². The Balaban J connectivity index is 1.39. The van der Waals surface area contributed by atoms with E-state index < -0.39 is 0 Å². The Morgan fingerprint density at radius 3 is 2.24 bits per heavy atom. The highest BCUT2D eigenvalue weighted by Crippen LogP contribution is 2.32. The highest BCUT2D eigenvalue weighted by molar-refractivity contribution is 5.33. The van der Waals surface area contributed by atoms with Gasteiger partial charge in [-0.2, -0.15) is 0 Å². The molecule has 1 heteroatoms. The highest BCUT2D eigenvalue weighted by atomic mass is 16.5. The first-order chi connectivity index (χ1) is 12.3. The van der Waals surface area contributed by atoms with Crippen molar-refractivity contribution in [2.24, 2.45) is 11.8 Å². The van der Waals surface area contributed by atoms with Crippen molar-refractivity contribution >= 4 is 0 Å². The molecule has 0 atom stereocenters. The van der Waals surface area contributed by atoms with Gasteiger partial charge >= 0.3 is 0 Å². The summed E-state index contributed by atoms with van der Waals surface area (Å²) in [4.78, 5) is 0. The number of hydrogen-bond acceptors (Lipinski definition) is 1. The van der Waals surface area contributed by atoms with Crippen LogP contribution in [0.3, 0.4) is 0 Å². The van der Waals surface area contributed by atoms with E-state index in [1.807, 2.05) is 0 Å². The zero-order chi connectivity index (χ0) is 17.3. The number of aryl methyl sites for hydroxylation is 2. The normalized spacial score (nSPS) is 20.4. The molecule has 2 aromatic carbocycles. The van der Waals surface area contributed by atoms with Crippen LogP contribution in [0.25, 0.3) is 0 Å².